The van der Waals surface area contributed by atoms with Crippen molar-refractivity contribution >= 4 is 29.4 Å². The van der Waals surface area contributed by atoms with Crippen molar-refractivity contribution in [3.8, 4) is 11.5 Å². The zero-order valence-electron chi connectivity index (χ0n) is 19.6. The van der Waals surface area contributed by atoms with Crippen LogP contribution in [-0.4, -0.2) is 49.6 Å². The van der Waals surface area contributed by atoms with E-state index in [1.165, 1.54) is 4.90 Å². The van der Waals surface area contributed by atoms with E-state index in [-0.39, 0.29) is 49.7 Å². The summed E-state index contributed by atoms with van der Waals surface area (Å²) in [7, 11) is 1.57. The smallest absolute Gasteiger partial charge is 0.306 e. The lowest BCUT2D eigenvalue weighted by molar-refractivity contribution is -0.143. The third-order valence-electron chi connectivity index (χ3n) is 5.80. The van der Waals surface area contributed by atoms with Gasteiger partial charge in [-0.05, 0) is 61.1 Å². The summed E-state index contributed by atoms with van der Waals surface area (Å²) in [6.45, 7) is 2.57. The van der Waals surface area contributed by atoms with Crippen LogP contribution < -0.4 is 9.47 Å². The first-order valence-corrected chi connectivity index (χ1v) is 11.8. The van der Waals surface area contributed by atoms with E-state index in [1.807, 2.05) is 42.5 Å². The molecule has 1 atom stereocenters. The van der Waals surface area contributed by atoms with E-state index in [0.717, 1.165) is 24.0 Å². The average molecular weight is 488 g/mol. The molecule has 0 saturated carbocycles. The fraction of sp³-hybridized carbons (Fsp3) is 0.423. The predicted octanol–water partition coefficient (Wildman–Crippen LogP) is 4.55. The second kappa shape index (κ2) is 12.4. The minimum Gasteiger partial charge on any atom is -0.493 e. The minimum absolute atomic E-state index is 0.00577. The van der Waals surface area contributed by atoms with E-state index in [2.05, 4.69) is 0 Å². The van der Waals surface area contributed by atoms with Crippen molar-refractivity contribution in [3.05, 3.63) is 58.6 Å². The second-order valence-electron chi connectivity index (χ2n) is 8.07. The van der Waals surface area contributed by atoms with Crippen LogP contribution in [0.15, 0.2) is 42.5 Å². The number of carbonyl (C=O) groups excluding carboxylic acids is 3. The maximum absolute atomic E-state index is 12.2. The summed E-state index contributed by atoms with van der Waals surface area (Å²) in [4.78, 5) is 36.9. The van der Waals surface area contributed by atoms with Crippen LogP contribution in [0.25, 0.3) is 0 Å². The molecule has 7 nitrogen and oxygen atoms in total. The standard InChI is InChI=1S/C26H30ClNO6/c1-3-33-26(31)17-20(19-7-9-21(27)10-8-19)6-4-18-5-11-22(23(16-18)32-2)34-15-14-28-24(29)12-13-25(28)30/h5,7-11,16,20H,3-4,6,12-15,17H2,1-2H3. The van der Waals surface area contributed by atoms with E-state index in [1.54, 1.807) is 14.0 Å². The Morgan fingerprint density at radius 1 is 1.06 bits per heavy atom. The number of esters is 1. The van der Waals surface area contributed by atoms with E-state index >= 15 is 0 Å². The fourth-order valence-electron chi connectivity index (χ4n) is 3.99. The number of benzene rings is 2. The summed E-state index contributed by atoms with van der Waals surface area (Å²) in [6, 6.07) is 13.2. The number of nitrogens with zero attached hydrogens (tertiary/aromatic N) is 1. The Labute approximate surface area is 204 Å². The van der Waals surface area contributed by atoms with Crippen molar-refractivity contribution in [3.63, 3.8) is 0 Å². The molecule has 34 heavy (non-hydrogen) atoms. The van der Waals surface area contributed by atoms with Gasteiger partial charge in [0, 0.05) is 17.9 Å². The highest BCUT2D eigenvalue weighted by atomic mass is 35.5. The number of rotatable bonds is 12. The van der Waals surface area contributed by atoms with Crippen LogP contribution in [0.4, 0.5) is 0 Å². The zero-order chi connectivity index (χ0) is 24.5. The summed E-state index contributed by atoms with van der Waals surface area (Å²) < 4.78 is 16.4. The number of halogens is 1. The molecule has 1 heterocycles. The Morgan fingerprint density at radius 2 is 1.76 bits per heavy atom. The Bertz CT molecular complexity index is 991. The molecule has 1 fully saturated rings. The number of methoxy groups -OCH3 is 1. The Balaban J connectivity index is 1.62. The first-order valence-electron chi connectivity index (χ1n) is 11.4. The van der Waals surface area contributed by atoms with Crippen LogP contribution in [0, 0.1) is 0 Å². The van der Waals surface area contributed by atoms with Crippen molar-refractivity contribution in [2.75, 3.05) is 26.9 Å². The first kappa shape index (κ1) is 25.6. The lowest BCUT2D eigenvalue weighted by atomic mass is 9.89. The summed E-state index contributed by atoms with van der Waals surface area (Å²) in [5.41, 5.74) is 2.08. The summed E-state index contributed by atoms with van der Waals surface area (Å²) >= 11 is 6.03. The van der Waals surface area contributed by atoms with Crippen molar-refractivity contribution in [2.45, 2.75) is 44.9 Å². The van der Waals surface area contributed by atoms with Gasteiger partial charge in [-0.15, -0.1) is 0 Å². The maximum atomic E-state index is 12.2. The van der Waals surface area contributed by atoms with Crippen molar-refractivity contribution in [1.29, 1.82) is 0 Å². The molecule has 1 aliphatic rings. The topological polar surface area (TPSA) is 82.1 Å². The third-order valence-corrected chi connectivity index (χ3v) is 6.05. The van der Waals surface area contributed by atoms with Crippen LogP contribution in [-0.2, 0) is 25.5 Å². The number of aryl methyl sites for hydroxylation is 1. The molecule has 1 saturated heterocycles. The normalized spacial score (nSPS) is 14.3. The maximum Gasteiger partial charge on any atom is 0.306 e. The largest absolute Gasteiger partial charge is 0.493 e. The number of ether oxygens (including phenoxy) is 3. The van der Waals surface area contributed by atoms with Gasteiger partial charge in [0.05, 0.1) is 26.7 Å². The average Bonchev–Trinajstić information content (AvgIpc) is 3.15. The zero-order valence-corrected chi connectivity index (χ0v) is 20.3. The van der Waals surface area contributed by atoms with Crippen LogP contribution in [0.2, 0.25) is 5.02 Å². The number of hydrogen-bond acceptors (Lipinski definition) is 6. The van der Waals surface area contributed by atoms with Crippen molar-refractivity contribution in [1.82, 2.24) is 4.90 Å². The molecule has 2 amide bonds. The first-order chi connectivity index (χ1) is 16.4. The van der Waals surface area contributed by atoms with Gasteiger partial charge in [0.15, 0.2) is 11.5 Å². The van der Waals surface area contributed by atoms with Crippen molar-refractivity contribution < 1.29 is 28.6 Å². The molecule has 2 aromatic rings. The number of imide groups is 1. The molecule has 3 rings (SSSR count). The fourth-order valence-corrected chi connectivity index (χ4v) is 4.12. The third kappa shape index (κ3) is 6.97. The molecule has 0 bridgehead atoms. The van der Waals surface area contributed by atoms with Crippen LogP contribution in [0.3, 0.4) is 0 Å². The number of amides is 2. The highest BCUT2D eigenvalue weighted by molar-refractivity contribution is 6.30. The van der Waals surface area contributed by atoms with Gasteiger partial charge in [0.1, 0.15) is 6.61 Å². The molecule has 0 aliphatic carbocycles. The summed E-state index contributed by atoms with van der Waals surface area (Å²) in [5.74, 6) is 0.576. The van der Waals surface area contributed by atoms with E-state index in [4.69, 9.17) is 25.8 Å². The molecule has 0 N–H and O–H groups in total. The molecule has 0 spiro atoms. The monoisotopic (exact) mass is 487 g/mol. The van der Waals surface area contributed by atoms with Gasteiger partial charge in [-0.1, -0.05) is 29.8 Å². The van der Waals surface area contributed by atoms with Gasteiger partial charge >= 0.3 is 5.97 Å². The quantitative estimate of drug-likeness (QED) is 0.323. The summed E-state index contributed by atoms with van der Waals surface area (Å²) in [5, 5.41) is 0.650. The molecule has 0 aromatic heterocycles. The Morgan fingerprint density at radius 3 is 2.41 bits per heavy atom. The summed E-state index contributed by atoms with van der Waals surface area (Å²) in [6.07, 6.45) is 2.29. The molecule has 1 aliphatic heterocycles. The van der Waals surface area contributed by atoms with E-state index in [9.17, 15) is 14.4 Å². The SMILES string of the molecule is CCOC(=O)CC(CCc1ccc(OCCN2C(=O)CCC2=O)c(OC)c1)c1ccc(Cl)cc1. The highest BCUT2D eigenvalue weighted by Gasteiger charge is 2.28. The Kier molecular flexibility index (Phi) is 9.33. The van der Waals surface area contributed by atoms with Gasteiger partial charge in [0.25, 0.3) is 0 Å². The van der Waals surface area contributed by atoms with Gasteiger partial charge in [0.2, 0.25) is 11.8 Å². The second-order valence-corrected chi connectivity index (χ2v) is 8.51. The van der Waals surface area contributed by atoms with Crippen LogP contribution in [0.1, 0.15) is 49.7 Å². The Hall–Kier alpha value is -3.06. The lowest BCUT2D eigenvalue weighted by Gasteiger charge is -2.18. The predicted molar refractivity (Wildman–Crippen MR) is 128 cm³/mol. The number of hydrogen-bond donors (Lipinski definition) is 0. The molecule has 2 aromatic carbocycles. The molecular weight excluding hydrogens is 458 g/mol. The van der Waals surface area contributed by atoms with E-state index in [0.29, 0.717) is 29.5 Å². The minimum atomic E-state index is -0.223. The van der Waals surface area contributed by atoms with Crippen LogP contribution >= 0.6 is 11.6 Å². The van der Waals surface area contributed by atoms with Gasteiger partial charge < -0.3 is 14.2 Å². The van der Waals surface area contributed by atoms with Gasteiger partial charge in [-0.2, -0.15) is 0 Å². The number of carbonyl (C=O) groups is 3. The van der Waals surface area contributed by atoms with Gasteiger partial charge in [-0.3, -0.25) is 19.3 Å². The highest BCUT2D eigenvalue weighted by Crippen LogP contribution is 2.31. The van der Waals surface area contributed by atoms with Crippen LogP contribution in [0.5, 0.6) is 11.5 Å². The lowest BCUT2D eigenvalue weighted by Crippen LogP contribution is -2.33. The molecule has 0 radical (unpaired) electrons. The van der Waals surface area contributed by atoms with E-state index < -0.39 is 0 Å². The molecule has 8 heteroatoms. The van der Waals surface area contributed by atoms with Gasteiger partial charge in [-0.25, -0.2) is 0 Å². The molecule has 182 valence electrons. The molecular formula is C26H30ClNO6. The van der Waals surface area contributed by atoms with Crippen molar-refractivity contribution in [2.24, 2.45) is 0 Å². The molecule has 1 unspecified atom stereocenters. The number of likely N-dealkylation sites (tertiary alicyclic amines) is 1.